The van der Waals surface area contributed by atoms with Crippen LogP contribution in [0.15, 0.2) is 45.4 Å². The van der Waals surface area contributed by atoms with Gasteiger partial charge in [0, 0.05) is 5.56 Å². The van der Waals surface area contributed by atoms with Crippen molar-refractivity contribution in [3.05, 3.63) is 47.9 Å². The highest BCUT2D eigenvalue weighted by Crippen LogP contribution is 2.25. The molecule has 0 aliphatic rings. The predicted octanol–water partition coefficient (Wildman–Crippen LogP) is 3.14. The minimum Gasteiger partial charge on any atom is -0.431 e. The summed E-state index contributed by atoms with van der Waals surface area (Å²) in [5.74, 6) is 0.00370. The van der Waals surface area contributed by atoms with Gasteiger partial charge in [-0.25, -0.2) is 0 Å². The van der Waals surface area contributed by atoms with E-state index >= 15 is 0 Å². The Bertz CT molecular complexity index is 878. The number of nitrogens with one attached hydrogen (secondary N) is 2. The maximum atomic E-state index is 12.1. The molecule has 0 unspecified atom stereocenters. The number of hydrogen-bond donors (Lipinski definition) is 2. The van der Waals surface area contributed by atoms with Crippen molar-refractivity contribution < 1.29 is 14.0 Å². The Labute approximate surface area is 151 Å². The first-order chi connectivity index (χ1) is 12.2. The van der Waals surface area contributed by atoms with Crippen molar-refractivity contribution in [1.82, 2.24) is 15.2 Å². The molecule has 0 spiro atoms. The van der Waals surface area contributed by atoms with E-state index in [2.05, 4.69) is 25.8 Å². The lowest BCUT2D eigenvalue weighted by Crippen LogP contribution is -2.14. The molecule has 2 heterocycles. The number of aromatic nitrogens is 3. The lowest BCUT2D eigenvalue weighted by Gasteiger charge is -1.99. The van der Waals surface area contributed by atoms with Gasteiger partial charge >= 0.3 is 6.01 Å². The molecule has 1 aromatic carbocycles. The molecule has 8 nitrogen and oxygen atoms in total. The molecule has 0 radical (unpaired) electrons. The van der Waals surface area contributed by atoms with Crippen LogP contribution in [0.25, 0.3) is 0 Å². The maximum absolute atomic E-state index is 12.1. The van der Waals surface area contributed by atoms with Crippen LogP contribution in [-0.4, -0.2) is 32.7 Å². The van der Waals surface area contributed by atoms with Crippen molar-refractivity contribution in [2.75, 3.05) is 16.4 Å². The smallest absolute Gasteiger partial charge is 0.302 e. The molecule has 0 aliphatic heterocycles. The number of oxazole rings is 1. The van der Waals surface area contributed by atoms with Gasteiger partial charge in [-0.1, -0.05) is 48.2 Å². The molecular weight excluding hydrogens is 362 g/mol. The van der Waals surface area contributed by atoms with Crippen LogP contribution in [0, 0.1) is 0 Å². The van der Waals surface area contributed by atoms with Crippen molar-refractivity contribution >= 4 is 46.1 Å². The van der Waals surface area contributed by atoms with Crippen LogP contribution in [-0.2, 0) is 0 Å². The number of carbonyl (C=O) groups excluding carboxylic acids is 2. The normalized spacial score (nSPS) is 10.4. The highest BCUT2D eigenvalue weighted by molar-refractivity contribution is 8.01. The second-order valence-electron chi connectivity index (χ2n) is 4.62. The summed E-state index contributed by atoms with van der Waals surface area (Å²) in [5, 5.41) is 13.3. The van der Waals surface area contributed by atoms with E-state index in [4.69, 9.17) is 4.42 Å². The van der Waals surface area contributed by atoms with Crippen molar-refractivity contribution in [3.63, 3.8) is 0 Å². The number of benzene rings is 1. The molecule has 0 aliphatic carbocycles. The maximum Gasteiger partial charge on any atom is 0.302 e. The van der Waals surface area contributed by atoms with Gasteiger partial charge in [0.25, 0.3) is 11.8 Å². The van der Waals surface area contributed by atoms with Crippen LogP contribution in [0.1, 0.15) is 27.8 Å². The molecular formula is C15H13N5O3S2. The Kier molecular flexibility index (Phi) is 5.41. The molecule has 0 saturated heterocycles. The highest BCUT2D eigenvalue weighted by atomic mass is 32.2. The summed E-state index contributed by atoms with van der Waals surface area (Å²) in [5.41, 5.74) is 0.491. The molecule has 2 N–H and O–H groups in total. The third-order valence-corrected chi connectivity index (χ3v) is 4.74. The molecule has 0 saturated carbocycles. The zero-order valence-electron chi connectivity index (χ0n) is 13.1. The van der Waals surface area contributed by atoms with Gasteiger partial charge in [-0.3, -0.25) is 20.2 Å². The van der Waals surface area contributed by atoms with E-state index in [1.165, 1.54) is 29.4 Å². The van der Waals surface area contributed by atoms with Crippen LogP contribution in [0.3, 0.4) is 0 Å². The van der Waals surface area contributed by atoms with Gasteiger partial charge in [-0.15, -0.1) is 10.2 Å². The SMILES string of the molecule is CCSc1nnc(NC(=O)c2coc(NC(=O)c3ccccc3)n2)s1. The van der Waals surface area contributed by atoms with E-state index in [-0.39, 0.29) is 17.6 Å². The van der Waals surface area contributed by atoms with Crippen LogP contribution < -0.4 is 10.6 Å². The number of anilines is 2. The van der Waals surface area contributed by atoms with Crippen molar-refractivity contribution in [1.29, 1.82) is 0 Å². The third kappa shape index (κ3) is 4.43. The summed E-state index contributed by atoms with van der Waals surface area (Å²) in [6, 6.07) is 8.56. The first kappa shape index (κ1) is 17.1. The second kappa shape index (κ2) is 7.90. The largest absolute Gasteiger partial charge is 0.431 e. The summed E-state index contributed by atoms with van der Waals surface area (Å²) >= 11 is 2.82. The molecule has 10 heteroatoms. The van der Waals surface area contributed by atoms with Crippen molar-refractivity contribution in [2.24, 2.45) is 0 Å². The third-order valence-electron chi connectivity index (χ3n) is 2.89. The Morgan fingerprint density at radius 1 is 1.16 bits per heavy atom. The molecule has 128 valence electrons. The van der Waals surface area contributed by atoms with Gasteiger partial charge in [0.15, 0.2) is 10.0 Å². The molecule has 3 rings (SSSR count). The first-order valence-corrected chi connectivity index (χ1v) is 9.05. The standard InChI is InChI=1S/C15H13N5O3S2/c1-2-24-15-20-19-14(25-15)18-12(22)10-8-23-13(16-10)17-11(21)9-6-4-3-5-7-9/h3-8H,2H2,1H3,(H,16,17,21)(H,18,19,22). The fraction of sp³-hybridized carbons (Fsp3) is 0.133. The van der Waals surface area contributed by atoms with Crippen LogP contribution in [0.4, 0.5) is 11.1 Å². The van der Waals surface area contributed by atoms with E-state index < -0.39 is 5.91 Å². The molecule has 0 bridgehead atoms. The van der Waals surface area contributed by atoms with Crippen LogP contribution in [0.2, 0.25) is 0 Å². The summed E-state index contributed by atoms with van der Waals surface area (Å²) in [6.45, 7) is 2.00. The van der Waals surface area contributed by atoms with Gasteiger partial charge in [-0.05, 0) is 17.9 Å². The number of amides is 2. The van der Waals surface area contributed by atoms with Crippen LogP contribution >= 0.6 is 23.1 Å². The minimum atomic E-state index is -0.492. The molecule has 0 atom stereocenters. The van der Waals surface area contributed by atoms with E-state index in [0.717, 1.165) is 10.1 Å². The average Bonchev–Trinajstić information content (AvgIpc) is 3.26. The van der Waals surface area contributed by atoms with Gasteiger partial charge in [0.2, 0.25) is 5.13 Å². The molecule has 2 amide bonds. The zero-order valence-corrected chi connectivity index (χ0v) is 14.7. The Morgan fingerprint density at radius 2 is 1.96 bits per heavy atom. The van der Waals surface area contributed by atoms with Crippen LogP contribution in [0.5, 0.6) is 0 Å². The molecule has 25 heavy (non-hydrogen) atoms. The Balaban J connectivity index is 1.62. The summed E-state index contributed by atoms with van der Waals surface area (Å²) in [4.78, 5) is 28.1. The molecule has 2 aromatic heterocycles. The fourth-order valence-electron chi connectivity index (χ4n) is 1.80. The number of thioether (sulfide) groups is 1. The average molecular weight is 375 g/mol. The van der Waals surface area contributed by atoms with Crippen molar-refractivity contribution in [3.8, 4) is 0 Å². The minimum absolute atomic E-state index is 0.0308. The number of hydrogen-bond acceptors (Lipinski definition) is 8. The Morgan fingerprint density at radius 3 is 2.72 bits per heavy atom. The van der Waals surface area contributed by atoms with E-state index in [9.17, 15) is 9.59 Å². The summed E-state index contributed by atoms with van der Waals surface area (Å²) in [7, 11) is 0. The van der Waals surface area contributed by atoms with E-state index in [0.29, 0.717) is 10.7 Å². The predicted molar refractivity (Wildman–Crippen MR) is 95.2 cm³/mol. The number of nitrogens with zero attached hydrogens (tertiary/aromatic N) is 3. The number of rotatable bonds is 6. The second-order valence-corrected chi connectivity index (χ2v) is 7.11. The Hall–Kier alpha value is -2.72. The summed E-state index contributed by atoms with van der Waals surface area (Å²) in [6.07, 6.45) is 1.17. The topological polar surface area (TPSA) is 110 Å². The molecule has 0 fully saturated rings. The first-order valence-electron chi connectivity index (χ1n) is 7.25. The van der Waals surface area contributed by atoms with Crippen molar-refractivity contribution in [2.45, 2.75) is 11.3 Å². The zero-order chi connectivity index (χ0) is 17.6. The van der Waals surface area contributed by atoms with Gasteiger partial charge < -0.3 is 4.42 Å². The summed E-state index contributed by atoms with van der Waals surface area (Å²) < 4.78 is 5.89. The quantitative estimate of drug-likeness (QED) is 0.503. The highest BCUT2D eigenvalue weighted by Gasteiger charge is 2.16. The van der Waals surface area contributed by atoms with Gasteiger partial charge in [0.05, 0.1) is 0 Å². The van der Waals surface area contributed by atoms with E-state index in [1.807, 2.05) is 13.0 Å². The lowest BCUT2D eigenvalue weighted by molar-refractivity contribution is 0.101. The number of carbonyl (C=O) groups is 2. The van der Waals surface area contributed by atoms with Gasteiger partial charge in [0.1, 0.15) is 6.26 Å². The lowest BCUT2D eigenvalue weighted by atomic mass is 10.2. The van der Waals surface area contributed by atoms with E-state index in [1.54, 1.807) is 24.3 Å². The molecule has 3 aromatic rings. The fourth-order valence-corrected chi connectivity index (χ4v) is 3.44. The monoisotopic (exact) mass is 375 g/mol. The van der Waals surface area contributed by atoms with Gasteiger partial charge in [-0.2, -0.15) is 4.98 Å².